The quantitative estimate of drug-likeness (QED) is 0.341. The Bertz CT molecular complexity index is 978. The van der Waals surface area contributed by atoms with Gasteiger partial charge in [-0.3, -0.25) is 5.43 Å². The predicted molar refractivity (Wildman–Crippen MR) is 121 cm³/mol. The molecule has 1 heterocycles. The van der Waals surface area contributed by atoms with Crippen molar-refractivity contribution in [1.82, 2.24) is 15.2 Å². The van der Waals surface area contributed by atoms with Crippen molar-refractivity contribution in [3.63, 3.8) is 0 Å². The van der Waals surface area contributed by atoms with Crippen LogP contribution in [0.4, 0.5) is 5.69 Å². The Hall–Kier alpha value is -2.70. The van der Waals surface area contributed by atoms with Gasteiger partial charge in [-0.25, -0.2) is 4.68 Å². The van der Waals surface area contributed by atoms with E-state index in [0.717, 1.165) is 22.6 Å². The second-order valence-electron chi connectivity index (χ2n) is 6.64. The van der Waals surface area contributed by atoms with Crippen LogP contribution in [0, 0.1) is 6.92 Å². The molecule has 144 valence electrons. The molecular formula is C21H22ClN5S. The average molecular weight is 412 g/mol. The first kappa shape index (κ1) is 20.0. The van der Waals surface area contributed by atoms with Gasteiger partial charge in [-0.1, -0.05) is 55.8 Å². The summed E-state index contributed by atoms with van der Waals surface area (Å²) in [6.07, 6.45) is 1.62. The van der Waals surface area contributed by atoms with Gasteiger partial charge in [0, 0.05) is 5.69 Å². The van der Waals surface area contributed by atoms with Gasteiger partial charge in [-0.15, -0.1) is 0 Å². The summed E-state index contributed by atoms with van der Waals surface area (Å²) in [6.45, 7) is 6.21. The zero-order valence-corrected chi connectivity index (χ0v) is 17.6. The Morgan fingerprint density at radius 3 is 2.46 bits per heavy atom. The Labute approximate surface area is 175 Å². The van der Waals surface area contributed by atoms with Gasteiger partial charge in [-0.05, 0) is 54.9 Å². The summed E-state index contributed by atoms with van der Waals surface area (Å²) in [4.78, 5) is 0. The van der Waals surface area contributed by atoms with Crippen molar-refractivity contribution in [2.75, 3.05) is 5.32 Å². The summed E-state index contributed by atoms with van der Waals surface area (Å²) >= 11 is 11.8. The van der Waals surface area contributed by atoms with Crippen molar-refractivity contribution in [1.29, 1.82) is 0 Å². The highest BCUT2D eigenvalue weighted by Gasteiger charge is 2.12. The van der Waals surface area contributed by atoms with E-state index < -0.39 is 0 Å². The van der Waals surface area contributed by atoms with Crippen molar-refractivity contribution in [3.05, 3.63) is 76.6 Å². The van der Waals surface area contributed by atoms with Gasteiger partial charge in [0.25, 0.3) is 0 Å². The number of rotatable bonds is 5. The van der Waals surface area contributed by atoms with E-state index in [1.165, 1.54) is 5.56 Å². The van der Waals surface area contributed by atoms with Crippen molar-refractivity contribution >= 4 is 40.8 Å². The molecule has 1 aromatic heterocycles. The van der Waals surface area contributed by atoms with E-state index in [9.17, 15) is 0 Å². The summed E-state index contributed by atoms with van der Waals surface area (Å²) in [7, 11) is 0. The lowest BCUT2D eigenvalue weighted by molar-refractivity contribution is 0.863. The van der Waals surface area contributed by atoms with Gasteiger partial charge in [0.15, 0.2) is 5.11 Å². The first-order valence-corrected chi connectivity index (χ1v) is 9.75. The molecule has 0 saturated heterocycles. The van der Waals surface area contributed by atoms with Crippen LogP contribution in [0.1, 0.15) is 36.6 Å². The molecule has 0 spiro atoms. The number of para-hydroxylation sites is 1. The van der Waals surface area contributed by atoms with Crippen molar-refractivity contribution < 1.29 is 0 Å². The number of nitrogens with one attached hydrogen (secondary N) is 2. The third-order valence-electron chi connectivity index (χ3n) is 4.24. The van der Waals surface area contributed by atoms with Gasteiger partial charge in [0.1, 0.15) is 5.15 Å². The zero-order chi connectivity index (χ0) is 20.1. The van der Waals surface area contributed by atoms with Crippen LogP contribution in [0.3, 0.4) is 0 Å². The van der Waals surface area contributed by atoms with Crippen LogP contribution in [0.15, 0.2) is 59.7 Å². The molecule has 0 radical (unpaired) electrons. The number of nitrogens with zero attached hydrogens (tertiary/aromatic N) is 3. The number of benzene rings is 2. The molecule has 0 aliphatic rings. The number of hydrazone groups is 1. The number of aryl methyl sites for hydroxylation is 1. The van der Waals surface area contributed by atoms with E-state index in [4.69, 9.17) is 23.8 Å². The van der Waals surface area contributed by atoms with Gasteiger partial charge in [0.05, 0.1) is 23.2 Å². The summed E-state index contributed by atoms with van der Waals surface area (Å²) in [5, 5.41) is 12.7. The smallest absolute Gasteiger partial charge is 0.191 e. The van der Waals surface area contributed by atoms with E-state index >= 15 is 0 Å². The molecule has 0 unspecified atom stereocenters. The van der Waals surface area contributed by atoms with Crippen LogP contribution in [0.25, 0.3) is 5.69 Å². The van der Waals surface area contributed by atoms with Crippen LogP contribution >= 0.6 is 23.8 Å². The lowest BCUT2D eigenvalue weighted by atomic mass is 10.0. The molecule has 3 aromatic rings. The molecule has 0 atom stereocenters. The van der Waals surface area contributed by atoms with Gasteiger partial charge >= 0.3 is 0 Å². The second kappa shape index (κ2) is 8.99. The number of hydrogen-bond acceptors (Lipinski definition) is 3. The molecule has 5 nitrogen and oxygen atoms in total. The molecule has 0 amide bonds. The minimum Gasteiger partial charge on any atom is -0.331 e. The molecule has 28 heavy (non-hydrogen) atoms. The molecule has 3 rings (SSSR count). The molecule has 0 fully saturated rings. The van der Waals surface area contributed by atoms with Crippen LogP contribution in [-0.4, -0.2) is 21.1 Å². The number of anilines is 1. The molecule has 0 aliphatic heterocycles. The van der Waals surface area contributed by atoms with Gasteiger partial charge in [-0.2, -0.15) is 10.2 Å². The fourth-order valence-corrected chi connectivity index (χ4v) is 3.16. The highest BCUT2D eigenvalue weighted by Crippen LogP contribution is 2.22. The molecule has 0 saturated carbocycles. The molecular weight excluding hydrogens is 390 g/mol. The standard InChI is InChI=1S/C21H22ClN5S/c1-14(2)16-9-11-17(12-10-16)24-21(28)25-23-13-19-15(3)26-27(20(19)22)18-7-5-4-6-8-18/h4-14H,1-3H3,(H2,24,25,28)/b23-13-. The third-order valence-corrected chi connectivity index (χ3v) is 4.80. The first-order valence-electron chi connectivity index (χ1n) is 8.96. The number of thiocarbonyl (C=S) groups is 1. The van der Waals surface area contributed by atoms with E-state index in [0.29, 0.717) is 16.2 Å². The fourth-order valence-electron chi connectivity index (χ4n) is 2.66. The maximum atomic E-state index is 6.48. The molecule has 0 bridgehead atoms. The SMILES string of the molecule is Cc1nn(-c2ccccc2)c(Cl)c1/C=N\NC(=S)Nc1ccc(C(C)C)cc1. The van der Waals surface area contributed by atoms with Crippen LogP contribution in [-0.2, 0) is 0 Å². The topological polar surface area (TPSA) is 54.2 Å². The van der Waals surface area contributed by atoms with Gasteiger partial charge in [0.2, 0.25) is 0 Å². The molecule has 2 aromatic carbocycles. The van der Waals surface area contributed by atoms with E-state index in [2.05, 4.69) is 46.9 Å². The fraction of sp³-hybridized carbons (Fsp3) is 0.190. The number of halogens is 1. The molecule has 0 aliphatic carbocycles. The average Bonchev–Trinajstić information content (AvgIpc) is 2.97. The van der Waals surface area contributed by atoms with Gasteiger partial charge < -0.3 is 5.32 Å². The number of hydrogen-bond donors (Lipinski definition) is 2. The summed E-state index contributed by atoms with van der Waals surface area (Å²) in [5.74, 6) is 0.494. The zero-order valence-electron chi connectivity index (χ0n) is 16.0. The van der Waals surface area contributed by atoms with E-state index in [1.807, 2.05) is 49.4 Å². The Kier molecular flexibility index (Phi) is 6.44. The Morgan fingerprint density at radius 2 is 1.82 bits per heavy atom. The normalized spacial score (nSPS) is 11.2. The van der Waals surface area contributed by atoms with Crippen molar-refractivity contribution in [2.24, 2.45) is 5.10 Å². The van der Waals surface area contributed by atoms with E-state index in [1.54, 1.807) is 10.9 Å². The maximum Gasteiger partial charge on any atom is 0.191 e. The lowest BCUT2D eigenvalue weighted by Crippen LogP contribution is -2.23. The minimum absolute atomic E-state index is 0.401. The molecule has 2 N–H and O–H groups in total. The summed E-state index contributed by atoms with van der Waals surface area (Å²) < 4.78 is 1.69. The van der Waals surface area contributed by atoms with Crippen LogP contribution < -0.4 is 10.7 Å². The van der Waals surface area contributed by atoms with Crippen LogP contribution in [0.2, 0.25) is 5.15 Å². The van der Waals surface area contributed by atoms with E-state index in [-0.39, 0.29) is 0 Å². The first-order chi connectivity index (χ1) is 13.5. The third kappa shape index (κ3) is 4.77. The summed E-state index contributed by atoms with van der Waals surface area (Å²) in [6, 6.07) is 17.9. The van der Waals surface area contributed by atoms with Crippen molar-refractivity contribution in [3.8, 4) is 5.69 Å². The number of aromatic nitrogens is 2. The predicted octanol–water partition coefficient (Wildman–Crippen LogP) is 5.28. The highest BCUT2D eigenvalue weighted by molar-refractivity contribution is 7.80. The minimum atomic E-state index is 0.401. The highest BCUT2D eigenvalue weighted by atomic mass is 35.5. The lowest BCUT2D eigenvalue weighted by Gasteiger charge is -2.09. The summed E-state index contributed by atoms with van der Waals surface area (Å²) in [5.41, 5.74) is 7.41. The Morgan fingerprint density at radius 1 is 1.14 bits per heavy atom. The Balaban J connectivity index is 1.64. The largest absolute Gasteiger partial charge is 0.331 e. The monoisotopic (exact) mass is 411 g/mol. The second-order valence-corrected chi connectivity index (χ2v) is 7.40. The molecule has 7 heteroatoms. The van der Waals surface area contributed by atoms with Crippen LogP contribution in [0.5, 0.6) is 0 Å². The maximum absolute atomic E-state index is 6.48. The van der Waals surface area contributed by atoms with Crippen molar-refractivity contribution in [2.45, 2.75) is 26.7 Å².